The summed E-state index contributed by atoms with van der Waals surface area (Å²) in [4.78, 5) is 0.331. The molecule has 20 heavy (non-hydrogen) atoms. The van der Waals surface area contributed by atoms with E-state index < -0.39 is 10.0 Å². The zero-order valence-corrected chi connectivity index (χ0v) is 13.5. The first-order valence-electron chi connectivity index (χ1n) is 6.97. The average molecular weight is 300 g/mol. The van der Waals surface area contributed by atoms with Crippen molar-refractivity contribution in [1.29, 1.82) is 0 Å². The molecular formula is C13H24N4O2S. The molecule has 0 atom stereocenters. The summed E-state index contributed by atoms with van der Waals surface area (Å²) >= 11 is 0. The molecule has 1 aromatic rings. The van der Waals surface area contributed by atoms with E-state index in [1.54, 1.807) is 11.6 Å². The minimum Gasteiger partial charge on any atom is -0.318 e. The highest BCUT2D eigenvalue weighted by atomic mass is 32.2. The lowest BCUT2D eigenvalue weighted by molar-refractivity contribution is 0.529. The fourth-order valence-corrected chi connectivity index (χ4v) is 3.84. The molecular weight excluding hydrogens is 276 g/mol. The van der Waals surface area contributed by atoms with Gasteiger partial charge in [-0.25, -0.2) is 13.1 Å². The first-order valence-corrected chi connectivity index (χ1v) is 8.46. The maximum absolute atomic E-state index is 12.5. The van der Waals surface area contributed by atoms with Gasteiger partial charge < -0.3 is 5.32 Å². The van der Waals surface area contributed by atoms with Gasteiger partial charge in [0.15, 0.2) is 0 Å². The van der Waals surface area contributed by atoms with Crippen LogP contribution in [-0.2, 0) is 16.6 Å². The summed E-state index contributed by atoms with van der Waals surface area (Å²) in [6.45, 7) is 7.59. The lowest BCUT2D eigenvalue weighted by Gasteiger charge is -2.11. The van der Waals surface area contributed by atoms with Crippen molar-refractivity contribution in [3.63, 3.8) is 0 Å². The predicted octanol–water partition coefficient (Wildman–Crippen LogP) is 0.798. The quantitative estimate of drug-likeness (QED) is 0.781. The van der Waals surface area contributed by atoms with E-state index in [1.165, 1.54) is 0 Å². The summed E-state index contributed by atoms with van der Waals surface area (Å²) in [7, 11) is -1.61. The number of nitrogens with one attached hydrogen (secondary N) is 2. The van der Waals surface area contributed by atoms with Crippen LogP contribution in [0.15, 0.2) is 4.90 Å². The van der Waals surface area contributed by atoms with E-state index in [9.17, 15) is 8.42 Å². The Morgan fingerprint density at radius 1 is 1.35 bits per heavy atom. The van der Waals surface area contributed by atoms with Gasteiger partial charge in [0.25, 0.3) is 0 Å². The molecule has 0 unspecified atom stereocenters. The van der Waals surface area contributed by atoms with Gasteiger partial charge in [-0.2, -0.15) is 5.10 Å². The first-order chi connectivity index (χ1) is 9.29. The standard InChI is InChI=1S/C13H24N4O2S/c1-10-12(11(2)17(16-10)8-7-14-4)20(18,19)15-9-13(3)5-6-13/h14-15H,5-9H2,1-4H3. The van der Waals surface area contributed by atoms with E-state index in [1.807, 2.05) is 14.0 Å². The van der Waals surface area contributed by atoms with Crippen molar-refractivity contribution in [2.75, 3.05) is 20.1 Å². The summed E-state index contributed by atoms with van der Waals surface area (Å²) < 4.78 is 29.4. The molecule has 0 spiro atoms. The molecule has 1 saturated carbocycles. The largest absolute Gasteiger partial charge is 0.318 e. The van der Waals surface area contributed by atoms with E-state index in [2.05, 4.69) is 22.1 Å². The topological polar surface area (TPSA) is 76.0 Å². The van der Waals surface area contributed by atoms with Gasteiger partial charge in [0.05, 0.1) is 17.9 Å². The predicted molar refractivity (Wildman–Crippen MR) is 78.2 cm³/mol. The molecule has 114 valence electrons. The molecule has 0 aliphatic heterocycles. The Hall–Kier alpha value is -0.920. The maximum Gasteiger partial charge on any atom is 0.244 e. The van der Waals surface area contributed by atoms with Crippen molar-refractivity contribution in [3.8, 4) is 0 Å². The Morgan fingerprint density at radius 3 is 2.55 bits per heavy atom. The zero-order valence-electron chi connectivity index (χ0n) is 12.7. The molecule has 0 saturated heterocycles. The number of nitrogens with zero attached hydrogens (tertiary/aromatic N) is 2. The minimum atomic E-state index is -3.47. The lowest BCUT2D eigenvalue weighted by Crippen LogP contribution is -2.30. The number of aromatic nitrogens is 2. The van der Waals surface area contributed by atoms with Crippen LogP contribution in [0.25, 0.3) is 0 Å². The molecule has 1 fully saturated rings. The fraction of sp³-hybridized carbons (Fsp3) is 0.769. The molecule has 0 radical (unpaired) electrons. The van der Waals surface area contributed by atoms with Crippen molar-refractivity contribution in [3.05, 3.63) is 11.4 Å². The van der Waals surface area contributed by atoms with Gasteiger partial charge in [-0.05, 0) is 39.2 Å². The molecule has 2 rings (SSSR count). The Kier molecular flexibility index (Phi) is 4.22. The van der Waals surface area contributed by atoms with Crippen LogP contribution in [-0.4, -0.2) is 38.3 Å². The third kappa shape index (κ3) is 3.21. The molecule has 0 bridgehead atoms. The average Bonchev–Trinajstić information content (AvgIpc) is 3.03. The number of rotatable bonds is 7. The molecule has 0 aromatic carbocycles. The molecule has 1 aliphatic rings. The summed E-state index contributed by atoms with van der Waals surface area (Å²) in [6, 6.07) is 0. The van der Waals surface area contributed by atoms with E-state index in [-0.39, 0.29) is 5.41 Å². The molecule has 1 aromatic heterocycles. The smallest absolute Gasteiger partial charge is 0.244 e. The van der Waals surface area contributed by atoms with Gasteiger partial charge in [0.1, 0.15) is 4.90 Å². The SMILES string of the molecule is CNCCn1nc(C)c(S(=O)(=O)NCC2(C)CC2)c1C. The highest BCUT2D eigenvalue weighted by Gasteiger charge is 2.38. The summed E-state index contributed by atoms with van der Waals surface area (Å²) in [5.74, 6) is 0. The molecule has 1 aliphatic carbocycles. The normalized spacial score (nSPS) is 17.4. The molecule has 6 nitrogen and oxygen atoms in total. The Labute approximate surface area is 121 Å². The van der Waals surface area contributed by atoms with E-state index >= 15 is 0 Å². The van der Waals surface area contributed by atoms with Crippen LogP contribution in [0.3, 0.4) is 0 Å². The summed E-state index contributed by atoms with van der Waals surface area (Å²) in [5.41, 5.74) is 1.41. The van der Waals surface area contributed by atoms with Gasteiger partial charge in [-0.3, -0.25) is 4.68 Å². The summed E-state index contributed by atoms with van der Waals surface area (Å²) in [5, 5.41) is 7.37. The highest BCUT2D eigenvalue weighted by molar-refractivity contribution is 7.89. The van der Waals surface area contributed by atoms with Gasteiger partial charge in [-0.15, -0.1) is 0 Å². The number of likely N-dealkylation sites (N-methyl/N-ethyl adjacent to an activating group) is 1. The third-order valence-corrected chi connectivity index (χ3v) is 5.60. The minimum absolute atomic E-state index is 0.150. The van der Waals surface area contributed by atoms with Crippen LogP contribution < -0.4 is 10.0 Å². The van der Waals surface area contributed by atoms with Crippen LogP contribution in [0.4, 0.5) is 0 Å². The molecule has 0 amide bonds. The van der Waals surface area contributed by atoms with Crippen LogP contribution in [0, 0.1) is 19.3 Å². The van der Waals surface area contributed by atoms with Crippen LogP contribution >= 0.6 is 0 Å². The molecule has 7 heteroatoms. The number of aryl methyl sites for hydroxylation is 1. The first kappa shape index (κ1) is 15.5. The lowest BCUT2D eigenvalue weighted by atomic mass is 10.2. The Morgan fingerprint density at radius 2 is 2.00 bits per heavy atom. The third-order valence-electron chi connectivity index (χ3n) is 3.95. The van der Waals surface area contributed by atoms with Gasteiger partial charge in [0, 0.05) is 13.1 Å². The number of sulfonamides is 1. The van der Waals surface area contributed by atoms with Crippen LogP contribution in [0.2, 0.25) is 0 Å². The zero-order chi connectivity index (χ0) is 15.0. The highest BCUT2D eigenvalue weighted by Crippen LogP contribution is 2.44. The Bertz CT molecular complexity index is 588. The van der Waals surface area contributed by atoms with Crippen molar-refractivity contribution >= 4 is 10.0 Å². The van der Waals surface area contributed by atoms with Crippen molar-refractivity contribution < 1.29 is 8.42 Å². The van der Waals surface area contributed by atoms with E-state index in [0.717, 1.165) is 19.4 Å². The van der Waals surface area contributed by atoms with Crippen LogP contribution in [0.1, 0.15) is 31.2 Å². The van der Waals surface area contributed by atoms with Gasteiger partial charge in [0.2, 0.25) is 10.0 Å². The molecule has 2 N–H and O–H groups in total. The van der Waals surface area contributed by atoms with E-state index in [4.69, 9.17) is 0 Å². The second-order valence-electron chi connectivity index (χ2n) is 5.96. The van der Waals surface area contributed by atoms with Crippen molar-refractivity contribution in [2.24, 2.45) is 5.41 Å². The van der Waals surface area contributed by atoms with Crippen molar-refractivity contribution in [2.45, 2.75) is 45.1 Å². The van der Waals surface area contributed by atoms with Crippen LogP contribution in [0.5, 0.6) is 0 Å². The van der Waals surface area contributed by atoms with E-state index in [0.29, 0.717) is 29.4 Å². The fourth-order valence-electron chi connectivity index (χ4n) is 2.24. The van der Waals surface area contributed by atoms with Crippen molar-refractivity contribution in [1.82, 2.24) is 19.8 Å². The monoisotopic (exact) mass is 300 g/mol. The maximum atomic E-state index is 12.5. The van der Waals surface area contributed by atoms with Gasteiger partial charge in [-0.1, -0.05) is 6.92 Å². The second kappa shape index (κ2) is 5.46. The number of hydrogen-bond donors (Lipinski definition) is 2. The Balaban J connectivity index is 2.19. The van der Waals surface area contributed by atoms with Gasteiger partial charge >= 0.3 is 0 Å². The summed E-state index contributed by atoms with van der Waals surface area (Å²) in [6.07, 6.45) is 2.18. The number of hydrogen-bond acceptors (Lipinski definition) is 4. The molecule has 1 heterocycles. The second-order valence-corrected chi connectivity index (χ2v) is 7.67.